The van der Waals surface area contributed by atoms with Gasteiger partial charge in [0.25, 0.3) is 0 Å². The fourth-order valence-electron chi connectivity index (χ4n) is 2.15. The molecule has 2 nitrogen and oxygen atoms in total. The van der Waals surface area contributed by atoms with Crippen molar-refractivity contribution in [2.45, 2.75) is 18.4 Å². The number of rotatable bonds is 4. The fourth-order valence-corrected chi connectivity index (χ4v) is 2.15. The van der Waals surface area contributed by atoms with Gasteiger partial charge in [-0.25, -0.2) is 0 Å². The van der Waals surface area contributed by atoms with Gasteiger partial charge in [0, 0.05) is 11.5 Å². The van der Waals surface area contributed by atoms with Gasteiger partial charge in [0.15, 0.2) is 0 Å². The first-order chi connectivity index (χ1) is 8.86. The molecule has 0 saturated heterocycles. The second-order valence-electron chi connectivity index (χ2n) is 4.60. The third-order valence-electron chi connectivity index (χ3n) is 3.26. The predicted molar refractivity (Wildman–Crippen MR) is 70.0 cm³/mol. The Hall–Kier alpha value is -2.09. The van der Waals surface area contributed by atoms with Gasteiger partial charge in [-0.2, -0.15) is 0 Å². The van der Waals surface area contributed by atoms with Gasteiger partial charge in [0.05, 0.1) is 0 Å². The standard InChI is InChI=1S/C16H14O2/c17-11-12-6-8-14(9-7-12)18-16-10-15(16)13-4-2-1-3-5-13/h1-9,11,15-16H,10H2. The van der Waals surface area contributed by atoms with E-state index < -0.39 is 0 Å². The normalized spacial score (nSPS) is 21.3. The highest BCUT2D eigenvalue weighted by atomic mass is 16.5. The quantitative estimate of drug-likeness (QED) is 0.763. The van der Waals surface area contributed by atoms with E-state index in [1.165, 1.54) is 5.56 Å². The molecular weight excluding hydrogens is 224 g/mol. The monoisotopic (exact) mass is 238 g/mol. The van der Waals surface area contributed by atoms with Gasteiger partial charge < -0.3 is 4.74 Å². The number of hydrogen-bond donors (Lipinski definition) is 0. The molecule has 0 N–H and O–H groups in total. The zero-order valence-corrected chi connectivity index (χ0v) is 9.95. The number of aldehydes is 1. The van der Waals surface area contributed by atoms with Gasteiger partial charge in [-0.15, -0.1) is 0 Å². The van der Waals surface area contributed by atoms with Crippen molar-refractivity contribution in [1.82, 2.24) is 0 Å². The molecule has 0 aromatic heterocycles. The molecular formula is C16H14O2. The fraction of sp³-hybridized carbons (Fsp3) is 0.188. The van der Waals surface area contributed by atoms with E-state index in [9.17, 15) is 4.79 Å². The summed E-state index contributed by atoms with van der Waals surface area (Å²) in [6, 6.07) is 17.7. The summed E-state index contributed by atoms with van der Waals surface area (Å²) in [5, 5.41) is 0. The van der Waals surface area contributed by atoms with Crippen LogP contribution in [0.25, 0.3) is 0 Å². The average Bonchev–Trinajstić information content (AvgIpc) is 3.20. The van der Waals surface area contributed by atoms with Crippen LogP contribution in [0.2, 0.25) is 0 Å². The molecule has 2 heteroatoms. The predicted octanol–water partition coefficient (Wildman–Crippen LogP) is 3.43. The van der Waals surface area contributed by atoms with Crippen LogP contribution >= 0.6 is 0 Å². The Morgan fingerprint density at radius 3 is 2.39 bits per heavy atom. The van der Waals surface area contributed by atoms with Crippen LogP contribution < -0.4 is 4.74 Å². The molecule has 18 heavy (non-hydrogen) atoms. The molecule has 0 radical (unpaired) electrons. The minimum Gasteiger partial charge on any atom is -0.490 e. The van der Waals surface area contributed by atoms with E-state index in [1.807, 2.05) is 18.2 Å². The molecule has 3 rings (SSSR count). The van der Waals surface area contributed by atoms with Crippen LogP contribution in [0.15, 0.2) is 54.6 Å². The topological polar surface area (TPSA) is 26.3 Å². The summed E-state index contributed by atoms with van der Waals surface area (Å²) in [7, 11) is 0. The Morgan fingerprint density at radius 1 is 1.00 bits per heavy atom. The molecule has 0 spiro atoms. The molecule has 1 aliphatic rings. The van der Waals surface area contributed by atoms with Crippen molar-refractivity contribution >= 4 is 6.29 Å². The van der Waals surface area contributed by atoms with Crippen LogP contribution in [0.4, 0.5) is 0 Å². The minimum atomic E-state index is 0.273. The van der Waals surface area contributed by atoms with Gasteiger partial charge in [-0.05, 0) is 36.2 Å². The van der Waals surface area contributed by atoms with Crippen molar-refractivity contribution in [3.8, 4) is 5.75 Å². The van der Waals surface area contributed by atoms with E-state index in [0.717, 1.165) is 18.5 Å². The first-order valence-corrected chi connectivity index (χ1v) is 6.13. The first kappa shape index (κ1) is 11.0. The highest BCUT2D eigenvalue weighted by Gasteiger charge is 2.40. The molecule has 0 amide bonds. The Balaban J connectivity index is 1.63. The molecule has 0 heterocycles. The third-order valence-corrected chi connectivity index (χ3v) is 3.26. The zero-order chi connectivity index (χ0) is 12.4. The molecule has 2 unspecified atom stereocenters. The van der Waals surface area contributed by atoms with Crippen LogP contribution in [0, 0.1) is 0 Å². The summed E-state index contributed by atoms with van der Waals surface area (Å²) < 4.78 is 5.88. The van der Waals surface area contributed by atoms with E-state index in [4.69, 9.17) is 4.74 Å². The highest BCUT2D eigenvalue weighted by molar-refractivity contribution is 5.74. The third kappa shape index (κ3) is 2.28. The van der Waals surface area contributed by atoms with E-state index in [0.29, 0.717) is 11.5 Å². The van der Waals surface area contributed by atoms with Gasteiger partial charge in [0.2, 0.25) is 0 Å². The number of ether oxygens (including phenoxy) is 1. The summed E-state index contributed by atoms with van der Waals surface area (Å²) in [5.41, 5.74) is 2.02. The van der Waals surface area contributed by atoms with E-state index in [-0.39, 0.29) is 6.10 Å². The Bertz CT molecular complexity index is 531. The van der Waals surface area contributed by atoms with Crippen LogP contribution in [0.1, 0.15) is 28.3 Å². The van der Waals surface area contributed by atoms with Gasteiger partial charge in [-0.3, -0.25) is 4.79 Å². The number of hydrogen-bond acceptors (Lipinski definition) is 2. The second kappa shape index (κ2) is 4.65. The molecule has 2 aromatic rings. The lowest BCUT2D eigenvalue weighted by Crippen LogP contribution is -1.99. The van der Waals surface area contributed by atoms with Crippen molar-refractivity contribution in [2.24, 2.45) is 0 Å². The minimum absolute atomic E-state index is 0.273. The molecule has 90 valence electrons. The zero-order valence-electron chi connectivity index (χ0n) is 9.95. The summed E-state index contributed by atoms with van der Waals surface area (Å²) in [6.07, 6.45) is 2.18. The number of carbonyl (C=O) groups is 1. The maximum absolute atomic E-state index is 10.5. The Kier molecular flexibility index (Phi) is 2.85. The summed E-state index contributed by atoms with van der Waals surface area (Å²) in [4.78, 5) is 10.5. The van der Waals surface area contributed by atoms with Crippen molar-refractivity contribution in [2.75, 3.05) is 0 Å². The Morgan fingerprint density at radius 2 is 1.72 bits per heavy atom. The van der Waals surface area contributed by atoms with E-state index in [1.54, 1.807) is 12.1 Å². The summed E-state index contributed by atoms with van der Waals surface area (Å²) >= 11 is 0. The Labute approximate surface area is 106 Å². The van der Waals surface area contributed by atoms with Crippen LogP contribution in [0.3, 0.4) is 0 Å². The lowest BCUT2D eigenvalue weighted by atomic mass is 10.1. The van der Waals surface area contributed by atoms with Crippen molar-refractivity contribution in [3.05, 3.63) is 65.7 Å². The van der Waals surface area contributed by atoms with Gasteiger partial charge in [0.1, 0.15) is 18.1 Å². The van der Waals surface area contributed by atoms with Crippen molar-refractivity contribution in [1.29, 1.82) is 0 Å². The molecule has 2 aromatic carbocycles. The first-order valence-electron chi connectivity index (χ1n) is 6.13. The second-order valence-corrected chi connectivity index (χ2v) is 4.60. The molecule has 1 aliphatic carbocycles. The van der Waals surface area contributed by atoms with E-state index in [2.05, 4.69) is 24.3 Å². The molecule has 0 bridgehead atoms. The largest absolute Gasteiger partial charge is 0.490 e. The van der Waals surface area contributed by atoms with Crippen molar-refractivity contribution < 1.29 is 9.53 Å². The maximum atomic E-state index is 10.5. The van der Waals surface area contributed by atoms with Gasteiger partial charge in [-0.1, -0.05) is 30.3 Å². The SMILES string of the molecule is O=Cc1ccc(OC2CC2c2ccccc2)cc1. The molecule has 1 saturated carbocycles. The van der Waals surface area contributed by atoms with Crippen LogP contribution in [-0.2, 0) is 0 Å². The smallest absolute Gasteiger partial charge is 0.150 e. The molecule has 2 atom stereocenters. The van der Waals surface area contributed by atoms with Crippen LogP contribution in [0.5, 0.6) is 5.75 Å². The maximum Gasteiger partial charge on any atom is 0.150 e. The lowest BCUT2D eigenvalue weighted by molar-refractivity contribution is 0.112. The average molecular weight is 238 g/mol. The number of carbonyl (C=O) groups excluding carboxylic acids is 1. The number of benzene rings is 2. The van der Waals surface area contributed by atoms with Gasteiger partial charge >= 0.3 is 0 Å². The van der Waals surface area contributed by atoms with Crippen molar-refractivity contribution in [3.63, 3.8) is 0 Å². The lowest BCUT2D eigenvalue weighted by Gasteiger charge is -2.05. The summed E-state index contributed by atoms with van der Waals surface area (Å²) in [6.45, 7) is 0. The molecule has 1 fully saturated rings. The van der Waals surface area contributed by atoms with Crippen LogP contribution in [-0.4, -0.2) is 12.4 Å². The summed E-state index contributed by atoms with van der Waals surface area (Å²) in [5.74, 6) is 1.35. The molecule has 0 aliphatic heterocycles. The van der Waals surface area contributed by atoms with E-state index >= 15 is 0 Å². The highest BCUT2D eigenvalue weighted by Crippen LogP contribution is 2.43.